The second-order valence-electron chi connectivity index (χ2n) is 8.09. The lowest BCUT2D eigenvalue weighted by molar-refractivity contribution is 0.0690. The summed E-state index contributed by atoms with van der Waals surface area (Å²) in [5.74, 6) is -2.18. The maximum absolute atomic E-state index is 13.2. The fourth-order valence-corrected chi connectivity index (χ4v) is 6.43. The van der Waals surface area contributed by atoms with Crippen molar-refractivity contribution >= 4 is 44.6 Å². The summed E-state index contributed by atoms with van der Waals surface area (Å²) in [6, 6.07) is 13.3. The molecule has 0 unspecified atom stereocenters. The van der Waals surface area contributed by atoms with Gasteiger partial charge in [-0.05, 0) is 48.9 Å². The van der Waals surface area contributed by atoms with Crippen molar-refractivity contribution in [3.63, 3.8) is 0 Å². The van der Waals surface area contributed by atoms with Gasteiger partial charge in [-0.15, -0.1) is 11.3 Å². The second-order valence-corrected chi connectivity index (χ2v) is 11.1. The largest absolute Gasteiger partial charge is 0.477 e. The number of fused-ring (bicyclic) bond motifs is 2. The van der Waals surface area contributed by atoms with Crippen LogP contribution in [0.15, 0.2) is 70.6 Å². The summed E-state index contributed by atoms with van der Waals surface area (Å²) >= 11 is 1.25. The van der Waals surface area contributed by atoms with Gasteiger partial charge in [-0.1, -0.05) is 18.2 Å². The van der Waals surface area contributed by atoms with E-state index < -0.39 is 27.6 Å². The number of rotatable bonds is 5. The minimum atomic E-state index is -3.99. The Bertz CT molecular complexity index is 1710. The highest BCUT2D eigenvalue weighted by atomic mass is 32.2. The smallest absolute Gasteiger partial charge is 0.354 e. The number of sulfone groups is 1. The Morgan fingerprint density at radius 3 is 2.62 bits per heavy atom. The molecule has 1 aliphatic heterocycles. The van der Waals surface area contributed by atoms with Gasteiger partial charge in [-0.3, -0.25) is 9.59 Å². The number of carboxylic acid groups (broad SMARTS) is 1. The lowest BCUT2D eigenvalue weighted by atomic mass is 10.1. The molecule has 3 N–H and O–H groups in total. The van der Waals surface area contributed by atoms with Crippen LogP contribution in [0.1, 0.15) is 41.6 Å². The van der Waals surface area contributed by atoms with Gasteiger partial charge in [-0.25, -0.2) is 23.2 Å². The number of benzene rings is 2. The molecule has 4 aromatic rings. The van der Waals surface area contributed by atoms with Crippen LogP contribution in [-0.2, 0) is 16.4 Å². The van der Waals surface area contributed by atoms with Gasteiger partial charge in [0.2, 0.25) is 9.84 Å². The molecule has 0 aliphatic carbocycles. The molecule has 37 heavy (non-hydrogen) atoms. The van der Waals surface area contributed by atoms with E-state index in [9.17, 15) is 22.8 Å². The molecule has 0 spiro atoms. The van der Waals surface area contributed by atoms with Crippen LogP contribution in [0.5, 0.6) is 0 Å². The maximum atomic E-state index is 13.2. The first-order valence-corrected chi connectivity index (χ1v) is 13.2. The van der Waals surface area contributed by atoms with Crippen LogP contribution >= 0.6 is 11.3 Å². The molecule has 0 radical (unpaired) electrons. The Kier molecular flexibility index (Phi) is 6.05. The lowest BCUT2D eigenvalue weighted by Crippen LogP contribution is -2.24. The zero-order valence-corrected chi connectivity index (χ0v) is 20.8. The molecule has 5 rings (SSSR count). The molecule has 186 valence electrons. The van der Waals surface area contributed by atoms with E-state index in [-0.39, 0.29) is 38.8 Å². The Morgan fingerprint density at radius 2 is 1.84 bits per heavy atom. The van der Waals surface area contributed by atoms with Crippen molar-refractivity contribution in [2.75, 3.05) is 5.32 Å². The zero-order chi connectivity index (χ0) is 26.3. The number of carbonyl (C=O) groups excluding carboxylic acids is 2. The van der Waals surface area contributed by atoms with Gasteiger partial charge in [0, 0.05) is 16.6 Å². The van der Waals surface area contributed by atoms with Crippen molar-refractivity contribution < 1.29 is 27.9 Å². The predicted octanol–water partition coefficient (Wildman–Crippen LogP) is 3.54. The number of hydrogen-bond donors (Lipinski definition) is 3. The van der Waals surface area contributed by atoms with E-state index in [0.29, 0.717) is 21.1 Å². The summed E-state index contributed by atoms with van der Waals surface area (Å²) in [5, 5.41) is 15.1. The number of amides is 2. The molecular formula is C25H18N4O6S2. The average molecular weight is 535 g/mol. The van der Waals surface area contributed by atoms with Gasteiger partial charge < -0.3 is 15.7 Å². The van der Waals surface area contributed by atoms with Crippen LogP contribution < -0.4 is 10.6 Å². The van der Waals surface area contributed by atoms with Crippen molar-refractivity contribution in [3.05, 3.63) is 88.1 Å². The van der Waals surface area contributed by atoms with E-state index in [1.807, 2.05) is 0 Å². The van der Waals surface area contributed by atoms with Crippen molar-refractivity contribution in [3.8, 4) is 10.7 Å². The molecule has 0 bridgehead atoms. The van der Waals surface area contributed by atoms with Crippen molar-refractivity contribution in [1.82, 2.24) is 15.3 Å². The van der Waals surface area contributed by atoms with Crippen LogP contribution in [0.4, 0.5) is 5.69 Å². The van der Waals surface area contributed by atoms with Gasteiger partial charge in [0.1, 0.15) is 10.7 Å². The Labute approximate surface area is 215 Å². The maximum Gasteiger partial charge on any atom is 0.354 e. The molecular weight excluding hydrogens is 516 g/mol. The van der Waals surface area contributed by atoms with Crippen molar-refractivity contribution in [2.24, 2.45) is 0 Å². The standard InChI is InChI=1S/C25H18N4O6S2/c1-13-15(9-10-20-21(13)29-23(31)16-5-2-3-8-19(16)37(20,34)35)22(30)26-11-14-12-27-24(36-14)17-6-4-7-18(28-17)25(32)33/h2-10,12H,11H2,1H3,(H,26,30)(H,29,31)(H,32,33). The highest BCUT2D eigenvalue weighted by Crippen LogP contribution is 2.36. The average Bonchev–Trinajstić information content (AvgIpc) is 3.34. The number of aromatic carboxylic acids is 1. The molecule has 1 aliphatic rings. The number of nitrogens with zero attached hydrogens (tertiary/aromatic N) is 2. The molecule has 2 aromatic carbocycles. The van der Waals surface area contributed by atoms with Crippen LogP contribution in [-0.4, -0.2) is 41.3 Å². The molecule has 0 fully saturated rings. The summed E-state index contributed by atoms with van der Waals surface area (Å²) in [7, 11) is -3.99. The molecule has 2 aromatic heterocycles. The molecule has 2 amide bonds. The highest BCUT2D eigenvalue weighted by Gasteiger charge is 2.33. The zero-order valence-electron chi connectivity index (χ0n) is 19.2. The van der Waals surface area contributed by atoms with Gasteiger partial charge in [-0.2, -0.15) is 0 Å². The summed E-state index contributed by atoms with van der Waals surface area (Å²) in [6.45, 7) is 1.70. The number of nitrogens with one attached hydrogen (secondary N) is 2. The molecule has 0 saturated heterocycles. The number of anilines is 1. The number of pyridine rings is 1. The van der Waals surface area contributed by atoms with Gasteiger partial charge in [0.15, 0.2) is 0 Å². The molecule has 3 heterocycles. The SMILES string of the molecule is Cc1c(C(=O)NCc2cnc(-c3cccc(C(=O)O)n3)s2)ccc2c1NC(=O)c1ccccc1S2(=O)=O. The van der Waals surface area contributed by atoms with E-state index in [1.165, 1.54) is 41.7 Å². The fourth-order valence-electron chi connectivity index (χ4n) is 3.94. The summed E-state index contributed by atoms with van der Waals surface area (Å²) in [6.07, 6.45) is 1.56. The Balaban J connectivity index is 1.38. The number of hydrogen-bond acceptors (Lipinski definition) is 8. The molecule has 0 atom stereocenters. The number of thiazole rings is 1. The first kappa shape index (κ1) is 24.3. The lowest BCUT2D eigenvalue weighted by Gasteiger charge is -2.14. The topological polar surface area (TPSA) is 155 Å². The van der Waals surface area contributed by atoms with Crippen LogP contribution in [0.2, 0.25) is 0 Å². The summed E-state index contributed by atoms with van der Waals surface area (Å²) < 4.78 is 26.5. The van der Waals surface area contributed by atoms with Gasteiger partial charge in [0.05, 0.1) is 33.3 Å². The molecule has 0 saturated carbocycles. The third-order valence-electron chi connectivity index (χ3n) is 5.78. The van der Waals surface area contributed by atoms with Crippen molar-refractivity contribution in [2.45, 2.75) is 23.3 Å². The monoisotopic (exact) mass is 534 g/mol. The number of aromatic nitrogens is 2. The predicted molar refractivity (Wildman–Crippen MR) is 135 cm³/mol. The van der Waals surface area contributed by atoms with E-state index in [4.69, 9.17) is 5.11 Å². The third-order valence-corrected chi connectivity index (χ3v) is 8.66. The van der Waals surface area contributed by atoms with Crippen LogP contribution in [0.25, 0.3) is 10.7 Å². The minimum Gasteiger partial charge on any atom is -0.477 e. The first-order valence-electron chi connectivity index (χ1n) is 10.9. The summed E-state index contributed by atoms with van der Waals surface area (Å²) in [5.41, 5.74) is 0.937. The first-order chi connectivity index (χ1) is 17.7. The van der Waals surface area contributed by atoms with E-state index in [2.05, 4.69) is 20.6 Å². The second kappa shape index (κ2) is 9.22. The quantitative estimate of drug-likeness (QED) is 0.351. The Morgan fingerprint density at radius 1 is 1.05 bits per heavy atom. The van der Waals surface area contributed by atoms with Crippen molar-refractivity contribution in [1.29, 1.82) is 0 Å². The minimum absolute atomic E-state index is 0.0356. The number of carboxylic acids is 1. The van der Waals surface area contributed by atoms with Crippen LogP contribution in [0.3, 0.4) is 0 Å². The highest BCUT2D eigenvalue weighted by molar-refractivity contribution is 7.91. The fraction of sp³-hybridized carbons (Fsp3) is 0.0800. The molecule has 10 nitrogen and oxygen atoms in total. The number of carbonyl (C=O) groups is 3. The van der Waals surface area contributed by atoms with E-state index >= 15 is 0 Å². The van der Waals surface area contributed by atoms with Gasteiger partial charge >= 0.3 is 5.97 Å². The van der Waals surface area contributed by atoms with Gasteiger partial charge in [0.25, 0.3) is 11.8 Å². The van der Waals surface area contributed by atoms with E-state index in [0.717, 1.165) is 0 Å². The molecule has 12 heteroatoms. The Hall–Kier alpha value is -4.42. The normalized spacial score (nSPS) is 13.6. The van der Waals surface area contributed by atoms with E-state index in [1.54, 1.807) is 37.4 Å². The van der Waals surface area contributed by atoms with Crippen LogP contribution in [0, 0.1) is 6.92 Å². The third kappa shape index (κ3) is 4.36. The summed E-state index contributed by atoms with van der Waals surface area (Å²) in [4.78, 5) is 45.8.